The van der Waals surface area contributed by atoms with E-state index in [0.29, 0.717) is 41.7 Å². The molecule has 0 bridgehead atoms. The first-order valence-electron chi connectivity index (χ1n) is 10.7. The fourth-order valence-corrected chi connectivity index (χ4v) is 4.68. The molecule has 0 radical (unpaired) electrons. The van der Waals surface area contributed by atoms with Crippen molar-refractivity contribution in [3.63, 3.8) is 0 Å². The molecule has 2 aliphatic rings. The maximum Gasteiger partial charge on any atom is 0.258 e. The number of hydrogen-bond acceptors (Lipinski definition) is 4. The Morgan fingerprint density at radius 3 is 2.72 bits per heavy atom. The summed E-state index contributed by atoms with van der Waals surface area (Å²) >= 11 is 6.08. The van der Waals surface area contributed by atoms with Gasteiger partial charge in [-0.05, 0) is 72.7 Å². The van der Waals surface area contributed by atoms with Crippen molar-refractivity contribution in [2.45, 2.75) is 19.8 Å². The first kappa shape index (κ1) is 20.6. The average Bonchev–Trinajstić information content (AvgIpc) is 2.76. The van der Waals surface area contributed by atoms with Crippen molar-refractivity contribution in [2.75, 3.05) is 24.5 Å². The Morgan fingerprint density at radius 2 is 1.91 bits per heavy atom. The van der Waals surface area contributed by atoms with Gasteiger partial charge in [0.1, 0.15) is 0 Å². The Labute approximate surface area is 191 Å². The maximum absolute atomic E-state index is 13.0. The molecule has 6 nitrogen and oxygen atoms in total. The number of pyridine rings is 2. The lowest BCUT2D eigenvalue weighted by Crippen LogP contribution is -2.50. The number of hydrogen-bond donors (Lipinski definition) is 0. The molecule has 32 heavy (non-hydrogen) atoms. The number of anilines is 1. The third kappa shape index (κ3) is 3.98. The van der Waals surface area contributed by atoms with E-state index in [1.54, 1.807) is 35.6 Å². The van der Waals surface area contributed by atoms with E-state index in [-0.39, 0.29) is 11.8 Å². The predicted octanol–water partition coefficient (Wildman–Crippen LogP) is 3.96. The van der Waals surface area contributed by atoms with E-state index in [1.807, 2.05) is 36.2 Å². The van der Waals surface area contributed by atoms with Crippen LogP contribution in [0.3, 0.4) is 0 Å². The van der Waals surface area contributed by atoms with Crippen molar-refractivity contribution in [1.29, 1.82) is 0 Å². The zero-order chi connectivity index (χ0) is 22.2. The largest absolute Gasteiger partial charge is 0.338 e. The van der Waals surface area contributed by atoms with Crippen LogP contribution < -0.4 is 4.90 Å². The average molecular weight is 447 g/mol. The van der Waals surface area contributed by atoms with Crippen LogP contribution in [-0.4, -0.2) is 46.3 Å². The van der Waals surface area contributed by atoms with Crippen molar-refractivity contribution in [1.82, 2.24) is 14.9 Å². The number of carbonyl (C=O) groups is 2. The first-order chi connectivity index (χ1) is 15.5. The Bertz CT molecular complexity index is 1210. The number of aromatic nitrogens is 2. The molecule has 0 aliphatic carbocycles. The molecule has 5 rings (SSSR count). The number of rotatable bonds is 4. The normalized spacial score (nSPS) is 16.0. The second-order valence-corrected chi connectivity index (χ2v) is 9.03. The summed E-state index contributed by atoms with van der Waals surface area (Å²) in [5.74, 6) is 0.393. The summed E-state index contributed by atoms with van der Waals surface area (Å²) in [6, 6.07) is 9.34. The zero-order valence-electron chi connectivity index (χ0n) is 17.8. The van der Waals surface area contributed by atoms with Crippen LogP contribution in [-0.2, 0) is 12.8 Å². The highest BCUT2D eigenvalue weighted by atomic mass is 35.5. The number of halogens is 1. The molecule has 0 atom stereocenters. The molecule has 0 spiro atoms. The molecule has 162 valence electrons. The Morgan fingerprint density at radius 1 is 1.09 bits per heavy atom. The molecule has 1 aromatic carbocycles. The topological polar surface area (TPSA) is 66.4 Å². The highest BCUT2D eigenvalue weighted by Crippen LogP contribution is 2.28. The molecule has 2 aromatic heterocycles. The van der Waals surface area contributed by atoms with Crippen LogP contribution in [0.5, 0.6) is 0 Å². The molecule has 2 amide bonds. The van der Waals surface area contributed by atoms with Crippen molar-refractivity contribution in [2.24, 2.45) is 5.92 Å². The monoisotopic (exact) mass is 446 g/mol. The number of benzene rings is 1. The van der Waals surface area contributed by atoms with Gasteiger partial charge in [-0.2, -0.15) is 0 Å². The van der Waals surface area contributed by atoms with Crippen LogP contribution in [0.2, 0.25) is 5.02 Å². The lowest BCUT2D eigenvalue weighted by atomic mass is 9.92. The molecule has 7 heteroatoms. The van der Waals surface area contributed by atoms with Gasteiger partial charge in [-0.15, -0.1) is 0 Å². The Balaban J connectivity index is 1.24. The molecule has 1 fully saturated rings. The molecule has 1 saturated heterocycles. The quantitative estimate of drug-likeness (QED) is 0.608. The summed E-state index contributed by atoms with van der Waals surface area (Å²) in [5, 5.41) is 0.653. The van der Waals surface area contributed by atoms with E-state index in [9.17, 15) is 9.59 Å². The number of carbonyl (C=O) groups excluding carboxylic acids is 2. The Hall–Kier alpha value is -3.25. The van der Waals surface area contributed by atoms with Gasteiger partial charge in [0.15, 0.2) is 0 Å². The minimum absolute atomic E-state index is 0.0194. The Kier molecular flexibility index (Phi) is 5.39. The maximum atomic E-state index is 13.0. The highest BCUT2D eigenvalue weighted by molar-refractivity contribution is 6.30. The van der Waals surface area contributed by atoms with Crippen LogP contribution in [0.25, 0.3) is 0 Å². The van der Waals surface area contributed by atoms with E-state index >= 15 is 0 Å². The zero-order valence-corrected chi connectivity index (χ0v) is 18.5. The van der Waals surface area contributed by atoms with Gasteiger partial charge < -0.3 is 9.80 Å². The summed E-state index contributed by atoms with van der Waals surface area (Å²) in [5.41, 5.74) is 5.19. The smallest absolute Gasteiger partial charge is 0.258 e. The van der Waals surface area contributed by atoms with Crippen molar-refractivity contribution in [3.8, 4) is 0 Å². The number of fused-ring (bicyclic) bond motifs is 1. The van der Waals surface area contributed by atoms with Crippen LogP contribution in [0.1, 0.15) is 37.4 Å². The summed E-state index contributed by atoms with van der Waals surface area (Å²) < 4.78 is 0. The van der Waals surface area contributed by atoms with Crippen molar-refractivity contribution >= 4 is 29.1 Å². The number of likely N-dealkylation sites (tertiary alicyclic amines) is 1. The molecule has 0 saturated carbocycles. The lowest BCUT2D eigenvalue weighted by molar-refractivity contribution is 0.0500. The standard InChI is InChI=1S/C25H23ClN4O2/c1-16-6-20(12-27-10-16)24(31)29-14-18(15-29)7-17-8-22(13-28-11-17)30-5-4-19-9-21(26)2-3-23(19)25(30)32/h2-3,6,8-13,18H,4-5,7,14-15H2,1H3. The second-order valence-electron chi connectivity index (χ2n) is 8.59. The second kappa shape index (κ2) is 8.36. The van der Waals surface area contributed by atoms with Crippen LogP contribution in [0.15, 0.2) is 55.1 Å². The minimum atomic E-state index is -0.0194. The SMILES string of the molecule is Cc1cncc(C(=O)N2CC(Cc3cncc(N4CCc5cc(Cl)ccc5C4=O)c3)C2)c1. The number of aryl methyl sites for hydroxylation is 1. The van der Waals surface area contributed by atoms with Gasteiger partial charge in [-0.1, -0.05) is 11.6 Å². The molecular weight excluding hydrogens is 424 g/mol. The molecule has 2 aliphatic heterocycles. The summed E-state index contributed by atoms with van der Waals surface area (Å²) in [6.07, 6.45) is 8.54. The number of amides is 2. The molecule has 0 unspecified atom stereocenters. The third-order valence-electron chi connectivity index (χ3n) is 6.13. The van der Waals surface area contributed by atoms with E-state index in [4.69, 9.17) is 11.6 Å². The summed E-state index contributed by atoms with van der Waals surface area (Å²) in [6.45, 7) is 3.97. The van der Waals surface area contributed by atoms with Crippen LogP contribution >= 0.6 is 11.6 Å². The fraction of sp³-hybridized carbons (Fsp3) is 0.280. The first-order valence-corrected chi connectivity index (χ1v) is 11.1. The summed E-state index contributed by atoms with van der Waals surface area (Å²) in [7, 11) is 0. The fourth-order valence-electron chi connectivity index (χ4n) is 4.49. The number of nitrogens with zero attached hydrogens (tertiary/aromatic N) is 4. The minimum Gasteiger partial charge on any atom is -0.338 e. The van der Waals surface area contributed by atoms with Crippen LogP contribution in [0, 0.1) is 12.8 Å². The predicted molar refractivity (Wildman–Crippen MR) is 123 cm³/mol. The van der Waals surface area contributed by atoms with Gasteiger partial charge in [0.25, 0.3) is 11.8 Å². The highest BCUT2D eigenvalue weighted by Gasteiger charge is 2.32. The van der Waals surface area contributed by atoms with Crippen molar-refractivity contribution < 1.29 is 9.59 Å². The molecule has 4 heterocycles. The lowest BCUT2D eigenvalue weighted by Gasteiger charge is -2.39. The van der Waals surface area contributed by atoms with Gasteiger partial charge in [0.05, 0.1) is 17.4 Å². The third-order valence-corrected chi connectivity index (χ3v) is 6.37. The molecule has 3 aromatic rings. The van der Waals surface area contributed by atoms with Gasteiger partial charge in [0, 0.05) is 48.8 Å². The van der Waals surface area contributed by atoms with Gasteiger partial charge in [0.2, 0.25) is 0 Å². The van der Waals surface area contributed by atoms with Gasteiger partial charge in [-0.3, -0.25) is 19.6 Å². The van der Waals surface area contributed by atoms with E-state index < -0.39 is 0 Å². The molecule has 0 N–H and O–H groups in total. The van der Waals surface area contributed by atoms with E-state index in [2.05, 4.69) is 9.97 Å². The van der Waals surface area contributed by atoms with Crippen molar-refractivity contribution in [3.05, 3.63) is 88.0 Å². The van der Waals surface area contributed by atoms with E-state index in [1.165, 1.54) is 0 Å². The van der Waals surface area contributed by atoms with E-state index in [0.717, 1.165) is 35.2 Å². The van der Waals surface area contributed by atoms with Crippen LogP contribution in [0.4, 0.5) is 5.69 Å². The van der Waals surface area contributed by atoms with Gasteiger partial charge in [-0.25, -0.2) is 0 Å². The molecular formula is C25H23ClN4O2. The summed E-state index contributed by atoms with van der Waals surface area (Å²) in [4.78, 5) is 37.8. The van der Waals surface area contributed by atoms with Gasteiger partial charge >= 0.3 is 0 Å².